The van der Waals surface area contributed by atoms with Crippen molar-refractivity contribution in [3.05, 3.63) is 47.2 Å². The van der Waals surface area contributed by atoms with Gasteiger partial charge in [-0.2, -0.15) is 13.2 Å². The fraction of sp³-hybridized carbons (Fsp3) is 0.421. The number of benzene rings is 1. The maximum absolute atomic E-state index is 13.2. The van der Waals surface area contributed by atoms with Gasteiger partial charge in [-0.25, -0.2) is 9.97 Å². The highest BCUT2D eigenvalue weighted by atomic mass is 32.2. The third kappa shape index (κ3) is 5.85. The van der Waals surface area contributed by atoms with Crippen LogP contribution in [0.25, 0.3) is 0 Å². The van der Waals surface area contributed by atoms with Crippen LogP contribution in [0.3, 0.4) is 0 Å². The van der Waals surface area contributed by atoms with Crippen LogP contribution in [0.1, 0.15) is 42.4 Å². The van der Waals surface area contributed by atoms with E-state index in [1.165, 1.54) is 0 Å². The Morgan fingerprint density at radius 1 is 1.11 bits per heavy atom. The lowest BCUT2D eigenvalue weighted by molar-refractivity contribution is -0.141. The Balaban J connectivity index is 2.18. The molecule has 1 amide bonds. The molecule has 28 heavy (non-hydrogen) atoms. The van der Waals surface area contributed by atoms with E-state index in [0.717, 1.165) is 23.4 Å². The molecule has 0 spiro atoms. The van der Waals surface area contributed by atoms with E-state index in [4.69, 9.17) is 0 Å². The van der Waals surface area contributed by atoms with E-state index in [1.807, 2.05) is 20.8 Å². The second-order valence-corrected chi connectivity index (χ2v) is 6.85. The predicted octanol–water partition coefficient (Wildman–Crippen LogP) is 4.38. The van der Waals surface area contributed by atoms with Crippen molar-refractivity contribution in [2.24, 2.45) is 0 Å². The van der Waals surface area contributed by atoms with E-state index >= 15 is 0 Å². The van der Waals surface area contributed by atoms with Gasteiger partial charge in [-0.3, -0.25) is 4.79 Å². The maximum Gasteiger partial charge on any atom is 0.433 e. The number of alkyl halides is 3. The van der Waals surface area contributed by atoms with E-state index in [9.17, 15) is 18.0 Å². The third-order valence-corrected chi connectivity index (χ3v) is 4.91. The fourth-order valence-corrected chi connectivity index (χ4v) is 3.30. The number of thioether (sulfide) groups is 1. The molecule has 0 atom stereocenters. The summed E-state index contributed by atoms with van der Waals surface area (Å²) in [6, 6.07) is 7.91. The second-order valence-electron chi connectivity index (χ2n) is 5.91. The largest absolute Gasteiger partial charge is 0.433 e. The molecule has 5 nitrogen and oxygen atoms in total. The van der Waals surface area contributed by atoms with Crippen LogP contribution in [0.2, 0.25) is 0 Å². The first-order valence-corrected chi connectivity index (χ1v) is 9.98. The quantitative estimate of drug-likeness (QED) is 0.515. The van der Waals surface area contributed by atoms with Gasteiger partial charge in [0, 0.05) is 37.0 Å². The molecule has 0 fully saturated rings. The number of anilines is 1. The van der Waals surface area contributed by atoms with E-state index < -0.39 is 11.9 Å². The van der Waals surface area contributed by atoms with Gasteiger partial charge in [0.25, 0.3) is 5.91 Å². The summed E-state index contributed by atoms with van der Waals surface area (Å²) in [6.45, 7) is 7.21. The molecule has 9 heteroatoms. The molecule has 152 valence electrons. The van der Waals surface area contributed by atoms with Crippen LogP contribution in [-0.4, -0.2) is 35.5 Å². The normalized spacial score (nSPS) is 11.4. The van der Waals surface area contributed by atoms with Gasteiger partial charge in [0.05, 0.1) is 0 Å². The van der Waals surface area contributed by atoms with Gasteiger partial charge in [0.2, 0.25) is 0 Å². The van der Waals surface area contributed by atoms with Crippen LogP contribution in [0.4, 0.5) is 19.0 Å². The van der Waals surface area contributed by atoms with Crippen molar-refractivity contribution in [1.29, 1.82) is 0 Å². The summed E-state index contributed by atoms with van der Waals surface area (Å²) < 4.78 is 39.6. The number of amides is 1. The van der Waals surface area contributed by atoms with Gasteiger partial charge in [-0.05, 0) is 38.5 Å². The van der Waals surface area contributed by atoms with Gasteiger partial charge in [-0.1, -0.05) is 23.9 Å². The Labute approximate surface area is 166 Å². The molecule has 0 bridgehead atoms. The van der Waals surface area contributed by atoms with Crippen LogP contribution in [0.15, 0.2) is 35.5 Å². The highest BCUT2D eigenvalue weighted by Gasteiger charge is 2.34. The average molecular weight is 412 g/mol. The zero-order valence-corrected chi connectivity index (χ0v) is 16.8. The predicted molar refractivity (Wildman–Crippen MR) is 105 cm³/mol. The molecule has 0 radical (unpaired) electrons. The van der Waals surface area contributed by atoms with Crippen LogP contribution in [0.5, 0.6) is 0 Å². The van der Waals surface area contributed by atoms with Gasteiger partial charge in [0.15, 0.2) is 10.9 Å². The minimum Gasteiger partial charge on any atom is -0.357 e. The Morgan fingerprint density at radius 2 is 1.75 bits per heavy atom. The van der Waals surface area contributed by atoms with Crippen LogP contribution < -0.4 is 10.2 Å². The van der Waals surface area contributed by atoms with Crippen LogP contribution >= 0.6 is 11.8 Å². The smallest absolute Gasteiger partial charge is 0.357 e. The van der Waals surface area contributed by atoms with E-state index in [1.54, 1.807) is 29.2 Å². The average Bonchev–Trinajstić information content (AvgIpc) is 2.67. The lowest BCUT2D eigenvalue weighted by atomic mass is 10.1. The van der Waals surface area contributed by atoms with E-state index in [2.05, 4.69) is 15.3 Å². The third-order valence-electron chi connectivity index (χ3n) is 3.99. The number of carbonyl (C=O) groups is 1. The number of halogens is 3. The molecule has 0 unspecified atom stereocenters. The van der Waals surface area contributed by atoms with Crippen molar-refractivity contribution in [3.63, 3.8) is 0 Å². The Bertz CT molecular complexity index is 793. The van der Waals surface area contributed by atoms with Crippen molar-refractivity contribution < 1.29 is 18.0 Å². The van der Waals surface area contributed by atoms with Crippen molar-refractivity contribution >= 4 is 23.5 Å². The number of rotatable bonds is 8. The summed E-state index contributed by atoms with van der Waals surface area (Å²) in [5.41, 5.74) is 0.455. The summed E-state index contributed by atoms with van der Waals surface area (Å²) in [6.07, 6.45) is -4.53. The number of nitrogens with one attached hydrogen (secondary N) is 1. The topological polar surface area (TPSA) is 58.1 Å². The first-order valence-electron chi connectivity index (χ1n) is 8.99. The molecule has 1 aromatic carbocycles. The molecule has 0 saturated heterocycles. The SMILES string of the molecule is CCNC(=O)c1ccc(CSc2nc(N(CC)CC)cc(C(F)(F)F)n2)cc1. The van der Waals surface area contributed by atoms with Crippen molar-refractivity contribution in [2.45, 2.75) is 37.9 Å². The minimum absolute atomic E-state index is 0.0736. The number of carbonyl (C=O) groups excluding carboxylic acids is 1. The Morgan fingerprint density at radius 3 is 2.29 bits per heavy atom. The van der Waals surface area contributed by atoms with Gasteiger partial charge in [0.1, 0.15) is 5.82 Å². The first-order chi connectivity index (χ1) is 13.3. The number of nitrogens with zero attached hydrogens (tertiary/aromatic N) is 3. The summed E-state index contributed by atoms with van der Waals surface area (Å²) >= 11 is 1.13. The molecule has 2 aromatic rings. The first kappa shape index (κ1) is 22.0. The highest BCUT2D eigenvalue weighted by Crippen LogP contribution is 2.32. The number of hydrogen-bond donors (Lipinski definition) is 1. The summed E-state index contributed by atoms with van der Waals surface area (Å²) in [7, 11) is 0. The van der Waals surface area contributed by atoms with Gasteiger partial charge < -0.3 is 10.2 Å². The molecule has 1 aromatic heterocycles. The zero-order chi connectivity index (χ0) is 20.7. The van der Waals surface area contributed by atoms with Gasteiger partial charge >= 0.3 is 6.18 Å². The van der Waals surface area contributed by atoms with Crippen molar-refractivity contribution in [2.75, 3.05) is 24.5 Å². The van der Waals surface area contributed by atoms with Crippen LogP contribution in [0, 0.1) is 0 Å². The molecule has 0 aliphatic heterocycles. The molecule has 0 saturated carbocycles. The lowest BCUT2D eigenvalue weighted by Gasteiger charge is -2.21. The molecule has 2 rings (SSSR count). The molecular weight excluding hydrogens is 389 g/mol. The number of hydrogen-bond acceptors (Lipinski definition) is 5. The minimum atomic E-state index is -4.53. The van der Waals surface area contributed by atoms with E-state index in [-0.39, 0.29) is 16.9 Å². The molecule has 1 heterocycles. The maximum atomic E-state index is 13.2. The second kappa shape index (κ2) is 9.77. The number of aromatic nitrogens is 2. The molecular formula is C19H23F3N4OS. The van der Waals surface area contributed by atoms with E-state index in [0.29, 0.717) is 31.0 Å². The van der Waals surface area contributed by atoms with Crippen molar-refractivity contribution in [1.82, 2.24) is 15.3 Å². The molecule has 0 aliphatic rings. The summed E-state index contributed by atoms with van der Waals surface area (Å²) in [5, 5.41) is 2.79. The Hall–Kier alpha value is -2.29. The zero-order valence-electron chi connectivity index (χ0n) is 16.0. The Kier molecular flexibility index (Phi) is 7.68. The summed E-state index contributed by atoms with van der Waals surface area (Å²) in [4.78, 5) is 21.5. The standard InChI is InChI=1S/C19H23F3N4OS/c1-4-23-17(27)14-9-7-13(8-10-14)12-28-18-24-15(19(20,21)22)11-16(25-18)26(5-2)6-3/h7-11H,4-6,12H2,1-3H3,(H,23,27). The monoisotopic (exact) mass is 412 g/mol. The summed E-state index contributed by atoms with van der Waals surface area (Å²) in [5.74, 6) is 0.502. The van der Waals surface area contributed by atoms with Crippen LogP contribution in [-0.2, 0) is 11.9 Å². The highest BCUT2D eigenvalue weighted by molar-refractivity contribution is 7.98. The van der Waals surface area contributed by atoms with Crippen molar-refractivity contribution in [3.8, 4) is 0 Å². The molecule has 0 aliphatic carbocycles. The lowest BCUT2D eigenvalue weighted by Crippen LogP contribution is -2.24. The fourth-order valence-electron chi connectivity index (χ4n) is 2.50. The van der Waals surface area contributed by atoms with Gasteiger partial charge in [-0.15, -0.1) is 0 Å². The molecule has 1 N–H and O–H groups in total.